The first-order valence-electron chi connectivity index (χ1n) is 5.98. The van der Waals surface area contributed by atoms with Crippen molar-refractivity contribution in [3.8, 4) is 0 Å². The van der Waals surface area contributed by atoms with Crippen LogP contribution in [0.25, 0.3) is 11.0 Å². The fourth-order valence-electron chi connectivity index (χ4n) is 1.76. The number of aromatic nitrogens is 2. The van der Waals surface area contributed by atoms with E-state index in [0.717, 1.165) is 21.9 Å². The van der Waals surface area contributed by atoms with Gasteiger partial charge in [-0.05, 0) is 31.7 Å². The molecule has 0 radical (unpaired) electrons. The number of fused-ring (bicyclic) bond motifs is 1. The average molecular weight is 265 g/mol. The Bertz CT molecular complexity index is 512. The van der Waals surface area contributed by atoms with Gasteiger partial charge in [0.25, 0.3) is 0 Å². The molecule has 0 spiro atoms. The second-order valence-electron chi connectivity index (χ2n) is 4.31. The zero-order valence-corrected chi connectivity index (χ0v) is 11.8. The van der Waals surface area contributed by atoms with Gasteiger partial charge >= 0.3 is 0 Å². The van der Waals surface area contributed by atoms with Crippen molar-refractivity contribution in [1.29, 1.82) is 0 Å². The number of ether oxygens (including phenoxy) is 1. The lowest BCUT2D eigenvalue weighted by Crippen LogP contribution is -2.32. The average Bonchev–Trinajstić information content (AvgIpc) is 2.76. The van der Waals surface area contributed by atoms with Gasteiger partial charge in [0, 0.05) is 18.9 Å². The highest BCUT2D eigenvalue weighted by molar-refractivity contribution is 7.99. The highest BCUT2D eigenvalue weighted by atomic mass is 32.2. The topological polar surface area (TPSA) is 49.9 Å². The minimum absolute atomic E-state index is 0.343. The van der Waals surface area contributed by atoms with Gasteiger partial charge in [-0.3, -0.25) is 0 Å². The number of thioether (sulfide) groups is 1. The molecule has 0 aliphatic heterocycles. The Morgan fingerprint density at radius 2 is 2.33 bits per heavy atom. The van der Waals surface area contributed by atoms with Crippen molar-refractivity contribution in [2.45, 2.75) is 18.1 Å². The lowest BCUT2D eigenvalue weighted by Gasteiger charge is -2.13. The van der Waals surface area contributed by atoms with Crippen LogP contribution in [0.4, 0.5) is 0 Å². The molecule has 2 rings (SSSR count). The SMILES string of the molecule is CNC(COC)CSc1nc2ccc(C)cc2[nH]1. The first-order chi connectivity index (χ1) is 8.72. The predicted molar refractivity (Wildman–Crippen MR) is 76.3 cm³/mol. The van der Waals surface area contributed by atoms with Crippen LogP contribution in [0.1, 0.15) is 5.56 Å². The van der Waals surface area contributed by atoms with E-state index in [0.29, 0.717) is 12.6 Å². The number of aryl methyl sites for hydroxylation is 1. The van der Waals surface area contributed by atoms with E-state index in [4.69, 9.17) is 4.74 Å². The third kappa shape index (κ3) is 3.25. The number of hydrogen-bond donors (Lipinski definition) is 2. The smallest absolute Gasteiger partial charge is 0.166 e. The summed E-state index contributed by atoms with van der Waals surface area (Å²) in [5, 5.41) is 4.19. The quantitative estimate of drug-likeness (QED) is 0.786. The van der Waals surface area contributed by atoms with Gasteiger partial charge in [-0.25, -0.2) is 4.98 Å². The van der Waals surface area contributed by atoms with Crippen LogP contribution in [0, 0.1) is 6.92 Å². The number of H-pyrrole nitrogens is 1. The van der Waals surface area contributed by atoms with Gasteiger partial charge in [0.2, 0.25) is 0 Å². The third-order valence-corrected chi connectivity index (χ3v) is 3.85. The minimum atomic E-state index is 0.343. The fraction of sp³-hybridized carbons (Fsp3) is 0.462. The lowest BCUT2D eigenvalue weighted by atomic mass is 10.2. The van der Waals surface area contributed by atoms with Gasteiger partial charge in [0.15, 0.2) is 5.16 Å². The van der Waals surface area contributed by atoms with Crippen LogP contribution in [0.2, 0.25) is 0 Å². The van der Waals surface area contributed by atoms with Crippen LogP contribution >= 0.6 is 11.8 Å². The van der Waals surface area contributed by atoms with Gasteiger partial charge < -0.3 is 15.0 Å². The summed E-state index contributed by atoms with van der Waals surface area (Å²) in [7, 11) is 3.67. The van der Waals surface area contributed by atoms with Gasteiger partial charge in [-0.1, -0.05) is 17.8 Å². The predicted octanol–water partition coefficient (Wildman–Crippen LogP) is 2.20. The lowest BCUT2D eigenvalue weighted by molar-refractivity contribution is 0.177. The zero-order chi connectivity index (χ0) is 13.0. The molecule has 0 amide bonds. The van der Waals surface area contributed by atoms with E-state index in [1.54, 1.807) is 18.9 Å². The monoisotopic (exact) mass is 265 g/mol. The number of nitrogens with one attached hydrogen (secondary N) is 2. The number of rotatable bonds is 6. The van der Waals surface area contributed by atoms with Crippen LogP contribution in [0.5, 0.6) is 0 Å². The number of hydrogen-bond acceptors (Lipinski definition) is 4. The van der Waals surface area contributed by atoms with Crippen LogP contribution < -0.4 is 5.32 Å². The molecule has 0 saturated heterocycles. The molecule has 2 N–H and O–H groups in total. The molecule has 1 atom stereocenters. The summed E-state index contributed by atoms with van der Waals surface area (Å²) in [4.78, 5) is 7.90. The summed E-state index contributed by atoms with van der Waals surface area (Å²) in [6.45, 7) is 2.80. The summed E-state index contributed by atoms with van der Waals surface area (Å²) in [6, 6.07) is 6.60. The number of aromatic amines is 1. The molecule has 5 heteroatoms. The van der Waals surface area contributed by atoms with Crippen LogP contribution in [-0.2, 0) is 4.74 Å². The number of nitrogens with zero attached hydrogens (tertiary/aromatic N) is 1. The van der Waals surface area contributed by atoms with E-state index >= 15 is 0 Å². The normalized spacial score (nSPS) is 13.1. The highest BCUT2D eigenvalue weighted by Crippen LogP contribution is 2.20. The molecular weight excluding hydrogens is 246 g/mol. The molecule has 2 aromatic rings. The fourth-order valence-corrected chi connectivity index (χ4v) is 2.73. The largest absolute Gasteiger partial charge is 0.383 e. The maximum atomic E-state index is 5.15. The molecule has 4 nitrogen and oxygen atoms in total. The van der Waals surface area contributed by atoms with Crippen LogP contribution in [0.15, 0.2) is 23.4 Å². The van der Waals surface area contributed by atoms with Crippen molar-refractivity contribution in [2.24, 2.45) is 0 Å². The Labute approximate surface area is 112 Å². The standard InChI is InChI=1S/C13H19N3OS/c1-9-4-5-11-12(6-9)16-13(15-11)18-8-10(14-2)7-17-3/h4-6,10,14H,7-8H2,1-3H3,(H,15,16). The molecule has 18 heavy (non-hydrogen) atoms. The van der Waals surface area contributed by atoms with E-state index in [1.807, 2.05) is 7.05 Å². The van der Waals surface area contributed by atoms with Crippen molar-refractivity contribution in [3.05, 3.63) is 23.8 Å². The van der Waals surface area contributed by atoms with Crippen molar-refractivity contribution in [1.82, 2.24) is 15.3 Å². The minimum Gasteiger partial charge on any atom is -0.383 e. The van der Waals surface area contributed by atoms with Crippen LogP contribution in [0.3, 0.4) is 0 Å². The van der Waals surface area contributed by atoms with Crippen molar-refractivity contribution < 1.29 is 4.74 Å². The second kappa shape index (κ2) is 6.22. The van der Waals surface area contributed by atoms with Gasteiger partial charge in [0.1, 0.15) is 0 Å². The Morgan fingerprint density at radius 3 is 3.06 bits per heavy atom. The second-order valence-corrected chi connectivity index (χ2v) is 5.32. The number of methoxy groups -OCH3 is 1. The molecule has 0 aliphatic carbocycles. The van der Waals surface area contributed by atoms with E-state index in [1.165, 1.54) is 5.56 Å². The zero-order valence-electron chi connectivity index (χ0n) is 11.0. The number of benzene rings is 1. The molecular formula is C13H19N3OS. The van der Waals surface area contributed by atoms with Crippen molar-refractivity contribution >= 4 is 22.8 Å². The summed E-state index contributed by atoms with van der Waals surface area (Å²) in [5.74, 6) is 0.934. The molecule has 1 heterocycles. The Hall–Kier alpha value is -1.04. The third-order valence-electron chi connectivity index (χ3n) is 2.81. The first-order valence-corrected chi connectivity index (χ1v) is 6.97. The van der Waals surface area contributed by atoms with E-state index in [-0.39, 0.29) is 0 Å². The molecule has 1 unspecified atom stereocenters. The Morgan fingerprint density at radius 1 is 1.50 bits per heavy atom. The van der Waals surface area contributed by atoms with Crippen molar-refractivity contribution in [2.75, 3.05) is 26.5 Å². The number of imidazole rings is 1. The van der Waals surface area contributed by atoms with E-state index in [9.17, 15) is 0 Å². The van der Waals surface area contributed by atoms with Gasteiger partial charge in [-0.15, -0.1) is 0 Å². The molecule has 0 fully saturated rings. The molecule has 98 valence electrons. The van der Waals surface area contributed by atoms with Gasteiger partial charge in [0.05, 0.1) is 17.6 Å². The summed E-state index contributed by atoms with van der Waals surface area (Å²) >= 11 is 1.72. The van der Waals surface area contributed by atoms with E-state index in [2.05, 4.69) is 40.4 Å². The Kier molecular flexibility index (Phi) is 4.63. The summed E-state index contributed by atoms with van der Waals surface area (Å²) in [5.41, 5.74) is 3.37. The Balaban J connectivity index is 2.03. The molecule has 1 aromatic carbocycles. The first kappa shape index (κ1) is 13.4. The van der Waals surface area contributed by atoms with Gasteiger partial charge in [-0.2, -0.15) is 0 Å². The molecule has 0 saturated carbocycles. The maximum absolute atomic E-state index is 5.15. The molecule has 1 aromatic heterocycles. The molecule has 0 aliphatic rings. The van der Waals surface area contributed by atoms with Crippen molar-refractivity contribution in [3.63, 3.8) is 0 Å². The summed E-state index contributed by atoms with van der Waals surface area (Å²) < 4.78 is 5.15. The number of likely N-dealkylation sites (N-methyl/N-ethyl adjacent to an activating group) is 1. The van der Waals surface area contributed by atoms with E-state index < -0.39 is 0 Å². The van der Waals surface area contributed by atoms with Crippen LogP contribution in [-0.4, -0.2) is 42.5 Å². The highest BCUT2D eigenvalue weighted by Gasteiger charge is 2.09. The molecule has 0 bridgehead atoms. The summed E-state index contributed by atoms with van der Waals surface area (Å²) in [6.07, 6.45) is 0. The maximum Gasteiger partial charge on any atom is 0.166 e.